The van der Waals surface area contributed by atoms with E-state index in [0.29, 0.717) is 17.9 Å². The first-order valence-electron chi connectivity index (χ1n) is 10.4. The van der Waals surface area contributed by atoms with Crippen LogP contribution in [0.2, 0.25) is 0 Å². The Kier molecular flexibility index (Phi) is 6.33. The molecule has 0 saturated carbocycles. The van der Waals surface area contributed by atoms with Crippen molar-refractivity contribution in [1.29, 1.82) is 0 Å². The summed E-state index contributed by atoms with van der Waals surface area (Å²) in [6.45, 7) is 3.99. The van der Waals surface area contributed by atoms with Crippen LogP contribution in [0.3, 0.4) is 0 Å². The Bertz CT molecular complexity index is 1030. The molecule has 1 amide bonds. The molecule has 3 N–H and O–H groups in total. The summed E-state index contributed by atoms with van der Waals surface area (Å²) >= 11 is 0. The zero-order valence-electron chi connectivity index (χ0n) is 17.6. The third-order valence-electron chi connectivity index (χ3n) is 5.44. The third-order valence-corrected chi connectivity index (χ3v) is 5.44. The normalized spacial score (nSPS) is 13.8. The van der Waals surface area contributed by atoms with Crippen LogP contribution in [0.5, 0.6) is 5.75 Å². The van der Waals surface area contributed by atoms with E-state index in [4.69, 9.17) is 0 Å². The molecule has 31 heavy (non-hydrogen) atoms. The van der Waals surface area contributed by atoms with Gasteiger partial charge < -0.3 is 25.5 Å². The SMILES string of the molecule is CNCc1cc(N2CCN(c3cc(NC(=O)c4ccccc4)ccn3)CC2)ccc1O. The lowest BCUT2D eigenvalue weighted by molar-refractivity contribution is 0.102. The lowest BCUT2D eigenvalue weighted by Crippen LogP contribution is -2.46. The number of aromatic hydroxyl groups is 1. The maximum Gasteiger partial charge on any atom is 0.255 e. The van der Waals surface area contributed by atoms with E-state index in [9.17, 15) is 9.90 Å². The van der Waals surface area contributed by atoms with Gasteiger partial charge in [-0.05, 0) is 43.4 Å². The number of nitrogens with one attached hydrogen (secondary N) is 2. The number of phenolic OH excluding ortho intramolecular Hbond substituents is 1. The number of hydrogen-bond acceptors (Lipinski definition) is 6. The van der Waals surface area contributed by atoms with Crippen molar-refractivity contribution in [2.24, 2.45) is 0 Å². The number of rotatable bonds is 6. The Labute approximate surface area is 182 Å². The third kappa shape index (κ3) is 4.95. The number of phenols is 1. The van der Waals surface area contributed by atoms with Gasteiger partial charge in [0.25, 0.3) is 5.91 Å². The molecule has 0 unspecified atom stereocenters. The molecule has 7 nitrogen and oxygen atoms in total. The number of amides is 1. The van der Waals surface area contributed by atoms with E-state index in [1.807, 2.05) is 43.4 Å². The van der Waals surface area contributed by atoms with Crippen LogP contribution in [-0.2, 0) is 6.54 Å². The van der Waals surface area contributed by atoms with E-state index in [0.717, 1.165) is 48.9 Å². The summed E-state index contributed by atoms with van der Waals surface area (Å²) in [5.74, 6) is 1.04. The number of anilines is 3. The van der Waals surface area contributed by atoms with Crippen molar-refractivity contribution in [2.75, 3.05) is 48.3 Å². The van der Waals surface area contributed by atoms with Gasteiger partial charge in [0.05, 0.1) is 0 Å². The van der Waals surface area contributed by atoms with Gasteiger partial charge in [-0.3, -0.25) is 4.79 Å². The van der Waals surface area contributed by atoms with E-state index >= 15 is 0 Å². The predicted octanol–water partition coefficient (Wildman–Crippen LogP) is 3.09. The number of nitrogens with zero attached hydrogens (tertiary/aromatic N) is 3. The van der Waals surface area contributed by atoms with Gasteiger partial charge >= 0.3 is 0 Å². The Morgan fingerprint density at radius 1 is 1.00 bits per heavy atom. The molecule has 2 heterocycles. The molecule has 160 valence electrons. The summed E-state index contributed by atoms with van der Waals surface area (Å²) in [6, 6.07) is 18.7. The summed E-state index contributed by atoms with van der Waals surface area (Å²) in [5, 5.41) is 16.0. The van der Waals surface area contributed by atoms with Gasteiger partial charge in [0.1, 0.15) is 11.6 Å². The van der Waals surface area contributed by atoms with Crippen LogP contribution in [0, 0.1) is 0 Å². The fourth-order valence-corrected chi connectivity index (χ4v) is 3.76. The van der Waals surface area contributed by atoms with Crippen LogP contribution in [0.1, 0.15) is 15.9 Å². The summed E-state index contributed by atoms with van der Waals surface area (Å²) in [6.07, 6.45) is 1.73. The second-order valence-corrected chi connectivity index (χ2v) is 7.54. The minimum atomic E-state index is -0.132. The highest BCUT2D eigenvalue weighted by Gasteiger charge is 2.19. The maximum atomic E-state index is 12.4. The molecular weight excluding hydrogens is 390 g/mol. The van der Waals surface area contributed by atoms with Crippen molar-refractivity contribution in [1.82, 2.24) is 10.3 Å². The van der Waals surface area contributed by atoms with Crippen molar-refractivity contribution in [3.05, 3.63) is 78.0 Å². The Morgan fingerprint density at radius 2 is 1.74 bits per heavy atom. The summed E-state index contributed by atoms with van der Waals surface area (Å²) in [5.41, 5.74) is 3.36. The van der Waals surface area contributed by atoms with E-state index in [2.05, 4.69) is 25.4 Å². The maximum absolute atomic E-state index is 12.4. The topological polar surface area (TPSA) is 80.7 Å². The van der Waals surface area contributed by atoms with Crippen molar-refractivity contribution < 1.29 is 9.90 Å². The first kappa shape index (κ1) is 20.7. The standard InChI is InChI=1S/C24H27N5O2/c1-25-17-19-15-21(7-8-22(19)30)28-11-13-29(14-12-28)23-16-20(9-10-26-23)27-24(31)18-5-3-2-4-6-18/h2-10,15-16,25,30H,11-14,17H2,1H3,(H,26,27,31). The van der Waals surface area contributed by atoms with Crippen LogP contribution in [-0.4, -0.2) is 49.2 Å². The average molecular weight is 418 g/mol. The molecule has 3 aromatic rings. The molecule has 4 rings (SSSR count). The molecule has 0 atom stereocenters. The van der Waals surface area contributed by atoms with E-state index in [1.54, 1.807) is 30.5 Å². The van der Waals surface area contributed by atoms with Crippen molar-refractivity contribution >= 4 is 23.1 Å². The molecule has 0 aliphatic carbocycles. The van der Waals surface area contributed by atoms with Gasteiger partial charge in [-0.25, -0.2) is 4.98 Å². The fraction of sp³-hybridized carbons (Fsp3) is 0.250. The number of piperazine rings is 1. The molecule has 0 bridgehead atoms. The fourth-order valence-electron chi connectivity index (χ4n) is 3.76. The molecule has 1 aromatic heterocycles. The second kappa shape index (κ2) is 9.49. The van der Waals surface area contributed by atoms with Crippen LogP contribution in [0.4, 0.5) is 17.2 Å². The number of carbonyl (C=O) groups is 1. The largest absolute Gasteiger partial charge is 0.508 e. The number of pyridine rings is 1. The van der Waals surface area contributed by atoms with Crippen LogP contribution in [0.15, 0.2) is 66.9 Å². The van der Waals surface area contributed by atoms with Crippen LogP contribution < -0.4 is 20.4 Å². The Balaban J connectivity index is 1.39. The predicted molar refractivity (Wildman–Crippen MR) is 124 cm³/mol. The zero-order chi connectivity index (χ0) is 21.6. The molecule has 0 spiro atoms. The second-order valence-electron chi connectivity index (χ2n) is 7.54. The molecular formula is C24H27N5O2. The summed E-state index contributed by atoms with van der Waals surface area (Å²) < 4.78 is 0. The summed E-state index contributed by atoms with van der Waals surface area (Å²) in [4.78, 5) is 21.5. The highest BCUT2D eigenvalue weighted by molar-refractivity contribution is 6.04. The van der Waals surface area contributed by atoms with Gasteiger partial charge in [-0.2, -0.15) is 0 Å². The van der Waals surface area contributed by atoms with Gasteiger partial charge in [-0.1, -0.05) is 18.2 Å². The summed E-state index contributed by atoms with van der Waals surface area (Å²) in [7, 11) is 1.87. The Morgan fingerprint density at radius 3 is 2.48 bits per heavy atom. The minimum Gasteiger partial charge on any atom is -0.508 e. The molecule has 1 fully saturated rings. The van der Waals surface area contributed by atoms with E-state index < -0.39 is 0 Å². The van der Waals surface area contributed by atoms with E-state index in [1.165, 1.54) is 0 Å². The van der Waals surface area contributed by atoms with Crippen LogP contribution >= 0.6 is 0 Å². The Hall–Kier alpha value is -3.58. The first-order chi connectivity index (χ1) is 15.1. The highest BCUT2D eigenvalue weighted by Crippen LogP contribution is 2.26. The monoisotopic (exact) mass is 417 g/mol. The number of hydrogen-bond donors (Lipinski definition) is 3. The first-order valence-corrected chi connectivity index (χ1v) is 10.4. The molecule has 0 radical (unpaired) electrons. The van der Waals surface area contributed by atoms with Gasteiger partial charge in [0.15, 0.2) is 0 Å². The van der Waals surface area contributed by atoms with E-state index in [-0.39, 0.29) is 5.91 Å². The van der Waals surface area contributed by atoms with Gasteiger partial charge in [0.2, 0.25) is 0 Å². The number of carbonyl (C=O) groups excluding carboxylic acids is 1. The lowest BCUT2D eigenvalue weighted by Gasteiger charge is -2.37. The zero-order valence-corrected chi connectivity index (χ0v) is 17.6. The van der Waals surface area contributed by atoms with Crippen LogP contribution in [0.25, 0.3) is 0 Å². The van der Waals surface area contributed by atoms with Crippen molar-refractivity contribution in [2.45, 2.75) is 6.54 Å². The number of benzene rings is 2. The average Bonchev–Trinajstić information content (AvgIpc) is 2.81. The molecule has 1 saturated heterocycles. The van der Waals surface area contributed by atoms with Gasteiger partial charge in [0, 0.05) is 67.5 Å². The number of aromatic nitrogens is 1. The smallest absolute Gasteiger partial charge is 0.255 e. The molecule has 1 aliphatic heterocycles. The molecule has 2 aromatic carbocycles. The molecule has 1 aliphatic rings. The lowest BCUT2D eigenvalue weighted by atomic mass is 10.1. The quantitative estimate of drug-likeness (QED) is 0.572. The van der Waals surface area contributed by atoms with Crippen molar-refractivity contribution in [3.8, 4) is 5.75 Å². The minimum absolute atomic E-state index is 0.132. The molecule has 7 heteroatoms. The van der Waals surface area contributed by atoms with Crippen molar-refractivity contribution in [3.63, 3.8) is 0 Å². The highest BCUT2D eigenvalue weighted by atomic mass is 16.3. The van der Waals surface area contributed by atoms with Gasteiger partial charge in [-0.15, -0.1) is 0 Å².